The van der Waals surface area contributed by atoms with Crippen LogP contribution < -0.4 is 19.7 Å². The van der Waals surface area contributed by atoms with Crippen molar-refractivity contribution in [1.29, 1.82) is 0 Å². The molecule has 0 amide bonds. The van der Waals surface area contributed by atoms with Crippen molar-refractivity contribution in [3.05, 3.63) is 41.0 Å². The summed E-state index contributed by atoms with van der Waals surface area (Å²) in [6.45, 7) is 7.49. The van der Waals surface area contributed by atoms with Crippen LogP contribution in [0.4, 0.5) is 11.8 Å². The number of anilines is 2. The smallest absolute Gasteiger partial charge is 0.223 e. The van der Waals surface area contributed by atoms with Gasteiger partial charge in [0, 0.05) is 48.6 Å². The van der Waals surface area contributed by atoms with Crippen LogP contribution in [-0.2, 0) is 9.53 Å². The number of fused-ring (bicyclic) bond motifs is 1. The predicted molar refractivity (Wildman–Crippen MR) is 160 cm³/mol. The minimum atomic E-state index is -0.751. The Morgan fingerprint density at radius 2 is 1.88 bits per heavy atom. The fraction of sp³-hybridized carbons (Fsp3) is 0.448. The van der Waals surface area contributed by atoms with Gasteiger partial charge in [0.25, 0.3) is 0 Å². The number of aromatic nitrogens is 3. The summed E-state index contributed by atoms with van der Waals surface area (Å²) < 4.78 is 16.6. The van der Waals surface area contributed by atoms with Gasteiger partial charge in [0.1, 0.15) is 17.0 Å². The normalized spacial score (nSPS) is 20.2. The van der Waals surface area contributed by atoms with Crippen molar-refractivity contribution in [1.82, 2.24) is 15.0 Å². The number of piperidine rings is 1. The molecule has 0 saturated carbocycles. The highest BCUT2D eigenvalue weighted by molar-refractivity contribution is 6.41. The number of nitrogens with zero attached hydrogens (tertiary/aromatic N) is 4. The molecule has 2 N–H and O–H groups in total. The van der Waals surface area contributed by atoms with Crippen LogP contribution in [0.25, 0.3) is 22.2 Å². The third-order valence-electron chi connectivity index (χ3n) is 7.72. The molecule has 0 bridgehead atoms. The maximum atomic E-state index is 12.0. The van der Waals surface area contributed by atoms with E-state index < -0.39 is 5.60 Å². The highest BCUT2D eigenvalue weighted by atomic mass is 35.5. The first-order valence-corrected chi connectivity index (χ1v) is 14.1. The van der Waals surface area contributed by atoms with Gasteiger partial charge in [0.05, 0.1) is 54.8 Å². The minimum Gasteiger partial charge on any atom is -0.495 e. The van der Waals surface area contributed by atoms with Gasteiger partial charge in [-0.15, -0.1) is 0 Å². The molecule has 2 fully saturated rings. The van der Waals surface area contributed by atoms with Crippen molar-refractivity contribution in [2.24, 2.45) is 5.92 Å². The van der Waals surface area contributed by atoms with Crippen LogP contribution in [0.5, 0.6) is 11.5 Å². The van der Waals surface area contributed by atoms with E-state index >= 15 is 0 Å². The molecule has 2 aromatic heterocycles. The van der Waals surface area contributed by atoms with E-state index in [1.54, 1.807) is 12.3 Å². The lowest BCUT2D eigenvalue weighted by atomic mass is 9.94. The van der Waals surface area contributed by atoms with Crippen LogP contribution in [0.3, 0.4) is 0 Å². The zero-order valence-electron chi connectivity index (χ0n) is 23.2. The fourth-order valence-corrected chi connectivity index (χ4v) is 5.91. The molecule has 41 heavy (non-hydrogen) atoms. The molecule has 3 aromatic rings. The maximum absolute atomic E-state index is 12.0. The van der Waals surface area contributed by atoms with E-state index in [0.717, 1.165) is 5.39 Å². The second-order valence-electron chi connectivity index (χ2n) is 10.7. The van der Waals surface area contributed by atoms with Crippen LogP contribution >= 0.6 is 23.2 Å². The highest BCUT2D eigenvalue weighted by Crippen LogP contribution is 2.46. The number of allylic oxidation sites excluding steroid dienone is 1. The number of methoxy groups -OCH3 is 2. The Labute approximate surface area is 248 Å². The van der Waals surface area contributed by atoms with Crippen LogP contribution in [0.2, 0.25) is 10.0 Å². The third-order valence-corrected chi connectivity index (χ3v) is 8.47. The molecule has 0 radical (unpaired) electrons. The molecule has 2 aliphatic rings. The lowest BCUT2D eigenvalue weighted by Crippen LogP contribution is -2.43. The molecule has 2 saturated heterocycles. The molecule has 2 atom stereocenters. The Balaban J connectivity index is 1.59. The summed E-state index contributed by atoms with van der Waals surface area (Å²) in [5.74, 6) is 1.78. The SMILES string of the molecule is C=CC(=O)C[C@H]1COC[C@H]1Nc1ncc2cc(-c3c(Cl)c(OC)cc(OC)c3Cl)nc(N3CCC(C)(O)CC3)c2n1. The Kier molecular flexibility index (Phi) is 8.56. The quantitative estimate of drug-likeness (QED) is 0.326. The predicted octanol–water partition coefficient (Wildman–Crippen LogP) is 4.94. The second kappa shape index (κ2) is 12.0. The Morgan fingerprint density at radius 3 is 2.51 bits per heavy atom. The summed E-state index contributed by atoms with van der Waals surface area (Å²) in [7, 11) is 3.04. The van der Waals surface area contributed by atoms with Gasteiger partial charge >= 0.3 is 0 Å². The molecule has 2 aliphatic heterocycles. The number of benzene rings is 1. The number of ketones is 1. The molecular formula is C29H33Cl2N5O5. The average Bonchev–Trinajstić information content (AvgIpc) is 3.39. The number of aliphatic hydroxyl groups is 1. The van der Waals surface area contributed by atoms with E-state index in [4.69, 9.17) is 47.4 Å². The number of rotatable bonds is 9. The summed E-state index contributed by atoms with van der Waals surface area (Å²) in [4.78, 5) is 28.5. The number of carbonyl (C=O) groups excluding carboxylic acids is 1. The van der Waals surface area contributed by atoms with Gasteiger partial charge in [-0.25, -0.2) is 15.0 Å². The summed E-state index contributed by atoms with van der Waals surface area (Å²) in [6.07, 6.45) is 4.54. The van der Waals surface area contributed by atoms with Crippen LogP contribution in [0.1, 0.15) is 26.2 Å². The van der Waals surface area contributed by atoms with E-state index in [1.807, 2.05) is 13.0 Å². The Morgan fingerprint density at radius 1 is 1.20 bits per heavy atom. The van der Waals surface area contributed by atoms with Crippen LogP contribution in [0.15, 0.2) is 31.0 Å². The van der Waals surface area contributed by atoms with Gasteiger partial charge < -0.3 is 29.5 Å². The topological polar surface area (TPSA) is 119 Å². The first kappa shape index (κ1) is 29.3. The number of halogens is 2. The molecule has 5 rings (SSSR count). The molecule has 0 spiro atoms. The molecule has 218 valence electrons. The van der Waals surface area contributed by atoms with Crippen molar-refractivity contribution in [3.63, 3.8) is 0 Å². The average molecular weight is 603 g/mol. The van der Waals surface area contributed by atoms with Gasteiger partial charge in [-0.2, -0.15) is 0 Å². The summed E-state index contributed by atoms with van der Waals surface area (Å²) >= 11 is 13.5. The van der Waals surface area contributed by atoms with E-state index in [0.29, 0.717) is 95.7 Å². The zero-order chi connectivity index (χ0) is 29.3. The van der Waals surface area contributed by atoms with Gasteiger partial charge in [-0.05, 0) is 31.9 Å². The van der Waals surface area contributed by atoms with E-state index in [1.165, 1.54) is 20.3 Å². The number of hydrogen-bond donors (Lipinski definition) is 2. The third kappa shape index (κ3) is 6.06. The first-order valence-electron chi connectivity index (χ1n) is 13.4. The molecule has 1 aromatic carbocycles. The molecule has 12 heteroatoms. The lowest BCUT2D eigenvalue weighted by Gasteiger charge is -2.36. The summed E-state index contributed by atoms with van der Waals surface area (Å²) in [6, 6.07) is 3.34. The largest absolute Gasteiger partial charge is 0.495 e. The Bertz CT molecular complexity index is 1450. The van der Waals surface area contributed by atoms with Crippen molar-refractivity contribution in [2.45, 2.75) is 37.8 Å². The van der Waals surface area contributed by atoms with E-state index in [-0.39, 0.29) is 17.7 Å². The van der Waals surface area contributed by atoms with Crippen molar-refractivity contribution >= 4 is 51.7 Å². The molecule has 0 unspecified atom stereocenters. The number of hydrogen-bond acceptors (Lipinski definition) is 10. The number of nitrogens with one attached hydrogen (secondary N) is 1. The van der Waals surface area contributed by atoms with Crippen molar-refractivity contribution in [3.8, 4) is 22.8 Å². The van der Waals surface area contributed by atoms with E-state index in [9.17, 15) is 9.90 Å². The van der Waals surface area contributed by atoms with Gasteiger partial charge in [-0.3, -0.25) is 4.79 Å². The monoisotopic (exact) mass is 601 g/mol. The van der Waals surface area contributed by atoms with Gasteiger partial charge in [0.15, 0.2) is 11.6 Å². The summed E-state index contributed by atoms with van der Waals surface area (Å²) in [5.41, 5.74) is 0.858. The molecule has 10 nitrogen and oxygen atoms in total. The van der Waals surface area contributed by atoms with Crippen molar-refractivity contribution < 1.29 is 24.1 Å². The minimum absolute atomic E-state index is 0.0172. The standard InChI is InChI=1S/C29H33Cl2N5O5/c1-5-18(37)10-17-14-41-15-20(17)34-28-32-13-16-11-19(23-24(30)21(39-3)12-22(40-4)25(23)31)33-27(26(16)35-28)36-8-6-29(2,38)7-9-36/h5,11-13,17,20,38H,1,6-10,14-15H2,2-4H3,(H,32,34,35)/t17-,20+/m0/s1. The number of pyridine rings is 1. The Hall–Kier alpha value is -3.18. The molecule has 0 aliphatic carbocycles. The number of carbonyl (C=O) groups is 1. The summed E-state index contributed by atoms with van der Waals surface area (Å²) in [5, 5.41) is 15.3. The van der Waals surface area contributed by atoms with Crippen molar-refractivity contribution in [2.75, 3.05) is 50.7 Å². The number of ether oxygens (including phenoxy) is 3. The zero-order valence-corrected chi connectivity index (χ0v) is 24.8. The second-order valence-corrected chi connectivity index (χ2v) is 11.4. The van der Waals surface area contributed by atoms with E-state index in [2.05, 4.69) is 21.8 Å². The fourth-order valence-electron chi connectivity index (χ4n) is 5.22. The molecular weight excluding hydrogens is 569 g/mol. The lowest BCUT2D eigenvalue weighted by molar-refractivity contribution is -0.115. The van der Waals surface area contributed by atoms with Crippen LogP contribution in [-0.4, -0.2) is 78.0 Å². The van der Waals surface area contributed by atoms with Gasteiger partial charge in [0.2, 0.25) is 5.95 Å². The highest BCUT2D eigenvalue weighted by Gasteiger charge is 2.32. The maximum Gasteiger partial charge on any atom is 0.223 e. The molecule has 4 heterocycles. The first-order chi connectivity index (χ1) is 19.6. The van der Waals surface area contributed by atoms with Gasteiger partial charge in [-0.1, -0.05) is 29.8 Å². The van der Waals surface area contributed by atoms with Crippen LogP contribution in [0, 0.1) is 5.92 Å².